The predicted octanol–water partition coefficient (Wildman–Crippen LogP) is 2.34. The zero-order valence-electron chi connectivity index (χ0n) is 7.02. The van der Waals surface area contributed by atoms with E-state index in [1.807, 2.05) is 0 Å². The first-order valence-electron chi connectivity index (χ1n) is 3.43. The Kier molecular flexibility index (Phi) is 2.75. The van der Waals surface area contributed by atoms with Gasteiger partial charge in [-0.2, -0.15) is 13.2 Å². The third-order valence-electron chi connectivity index (χ3n) is 1.43. The highest BCUT2D eigenvalue weighted by molar-refractivity contribution is 6.31. The second kappa shape index (κ2) is 3.53. The van der Waals surface area contributed by atoms with E-state index in [1.54, 1.807) is 0 Å². The van der Waals surface area contributed by atoms with Crippen molar-refractivity contribution in [3.8, 4) is 5.88 Å². The Morgan fingerprint density at radius 2 is 2.07 bits per heavy atom. The van der Waals surface area contributed by atoms with E-state index in [0.717, 1.165) is 6.07 Å². The Hall–Kier alpha value is -1.17. The van der Waals surface area contributed by atoms with Crippen LogP contribution < -0.4 is 10.5 Å². The van der Waals surface area contributed by atoms with E-state index in [0.29, 0.717) is 0 Å². The van der Waals surface area contributed by atoms with Crippen LogP contribution in [0, 0.1) is 0 Å². The molecule has 0 unspecified atom stereocenters. The highest BCUT2D eigenvalue weighted by Crippen LogP contribution is 2.36. The van der Waals surface area contributed by atoms with Crippen molar-refractivity contribution in [1.29, 1.82) is 0 Å². The molecule has 1 heterocycles. The number of nitrogens with zero attached hydrogens (tertiary/aromatic N) is 1. The Morgan fingerprint density at radius 1 is 1.50 bits per heavy atom. The zero-order chi connectivity index (χ0) is 10.9. The van der Waals surface area contributed by atoms with Gasteiger partial charge in [-0.3, -0.25) is 0 Å². The summed E-state index contributed by atoms with van der Waals surface area (Å²) in [5.74, 6) is -0.290. The lowest BCUT2D eigenvalue weighted by atomic mass is 10.3. The molecule has 7 heteroatoms. The average molecular weight is 227 g/mol. The second-order valence-electron chi connectivity index (χ2n) is 2.42. The van der Waals surface area contributed by atoms with E-state index in [4.69, 9.17) is 17.3 Å². The standard InChI is InChI=1S/C7H6ClF3N2O/c1-14-6-4(12)2-3(8)5(13-6)7(9,10)11/h2H,12H2,1H3. The Bertz CT molecular complexity index is 354. The second-order valence-corrected chi connectivity index (χ2v) is 2.82. The molecule has 14 heavy (non-hydrogen) atoms. The molecule has 0 saturated heterocycles. The minimum atomic E-state index is -4.61. The van der Waals surface area contributed by atoms with Crippen LogP contribution in [-0.4, -0.2) is 12.1 Å². The topological polar surface area (TPSA) is 48.1 Å². The number of hydrogen-bond donors (Lipinski definition) is 1. The first-order valence-corrected chi connectivity index (χ1v) is 3.81. The molecule has 0 aliphatic rings. The van der Waals surface area contributed by atoms with Crippen molar-refractivity contribution in [2.75, 3.05) is 12.8 Å². The summed E-state index contributed by atoms with van der Waals surface area (Å²) in [5.41, 5.74) is 4.06. The summed E-state index contributed by atoms with van der Waals surface area (Å²) in [6, 6.07) is 0.955. The predicted molar refractivity (Wildman–Crippen MR) is 45.2 cm³/mol. The third kappa shape index (κ3) is 2.01. The number of ether oxygens (including phenoxy) is 1. The van der Waals surface area contributed by atoms with Gasteiger partial charge < -0.3 is 10.5 Å². The van der Waals surface area contributed by atoms with Crippen molar-refractivity contribution in [3.63, 3.8) is 0 Å². The maximum Gasteiger partial charge on any atom is 0.434 e. The van der Waals surface area contributed by atoms with Gasteiger partial charge in [-0.1, -0.05) is 11.6 Å². The number of pyridine rings is 1. The molecular formula is C7H6ClF3N2O. The first-order chi connectivity index (χ1) is 6.36. The van der Waals surface area contributed by atoms with Crippen LogP contribution in [0.2, 0.25) is 5.02 Å². The van der Waals surface area contributed by atoms with Crippen LogP contribution in [0.3, 0.4) is 0 Å². The molecule has 0 fully saturated rings. The number of anilines is 1. The third-order valence-corrected chi connectivity index (χ3v) is 1.72. The molecule has 1 aromatic rings. The molecule has 0 aliphatic carbocycles. The molecular weight excluding hydrogens is 221 g/mol. The molecule has 3 nitrogen and oxygen atoms in total. The van der Waals surface area contributed by atoms with Crippen molar-refractivity contribution in [1.82, 2.24) is 4.98 Å². The molecule has 0 atom stereocenters. The number of halogens is 4. The number of aromatic nitrogens is 1. The lowest BCUT2D eigenvalue weighted by molar-refractivity contribution is -0.141. The van der Waals surface area contributed by atoms with E-state index >= 15 is 0 Å². The molecule has 0 aromatic carbocycles. The summed E-state index contributed by atoms with van der Waals surface area (Å²) in [5, 5.41) is -0.546. The van der Waals surface area contributed by atoms with E-state index in [2.05, 4.69) is 9.72 Å². The minimum Gasteiger partial charge on any atom is -0.480 e. The molecule has 2 N–H and O–H groups in total. The number of nitrogens with two attached hydrogens (primary N) is 1. The van der Waals surface area contributed by atoms with Crippen LogP contribution in [0.1, 0.15) is 5.69 Å². The smallest absolute Gasteiger partial charge is 0.434 e. The summed E-state index contributed by atoms with van der Waals surface area (Å²) in [6.07, 6.45) is -4.61. The van der Waals surface area contributed by atoms with Gasteiger partial charge in [0.05, 0.1) is 17.8 Å². The van der Waals surface area contributed by atoms with Gasteiger partial charge in [-0.15, -0.1) is 0 Å². The molecule has 0 radical (unpaired) electrons. The number of methoxy groups -OCH3 is 1. The van der Waals surface area contributed by atoms with Crippen LogP contribution in [0.15, 0.2) is 6.07 Å². The van der Waals surface area contributed by atoms with Gasteiger partial charge in [0.2, 0.25) is 5.88 Å². The van der Waals surface area contributed by atoms with Gasteiger partial charge in [-0.25, -0.2) is 4.98 Å². The summed E-state index contributed by atoms with van der Waals surface area (Å²) in [7, 11) is 1.17. The van der Waals surface area contributed by atoms with E-state index < -0.39 is 16.9 Å². The molecule has 0 amide bonds. The van der Waals surface area contributed by atoms with Crippen molar-refractivity contribution in [2.45, 2.75) is 6.18 Å². The number of rotatable bonds is 1. The van der Waals surface area contributed by atoms with Crippen LogP contribution in [-0.2, 0) is 6.18 Å². The maximum absolute atomic E-state index is 12.3. The van der Waals surface area contributed by atoms with Gasteiger partial charge in [0.25, 0.3) is 0 Å². The van der Waals surface area contributed by atoms with Gasteiger partial charge in [-0.05, 0) is 6.07 Å². The highest BCUT2D eigenvalue weighted by atomic mass is 35.5. The molecule has 0 bridgehead atoms. The monoisotopic (exact) mass is 226 g/mol. The minimum absolute atomic E-state index is 0.0366. The SMILES string of the molecule is COc1nc(C(F)(F)F)c(Cl)cc1N. The van der Waals surface area contributed by atoms with Gasteiger partial charge >= 0.3 is 6.18 Å². The van der Waals surface area contributed by atoms with Crippen LogP contribution in [0.25, 0.3) is 0 Å². The fourth-order valence-corrected chi connectivity index (χ4v) is 1.12. The summed E-state index contributed by atoms with van der Waals surface area (Å²) in [4.78, 5) is 3.16. The van der Waals surface area contributed by atoms with Crippen molar-refractivity contribution in [3.05, 3.63) is 16.8 Å². The van der Waals surface area contributed by atoms with Crippen molar-refractivity contribution >= 4 is 17.3 Å². The fraction of sp³-hybridized carbons (Fsp3) is 0.286. The maximum atomic E-state index is 12.3. The van der Waals surface area contributed by atoms with Crippen molar-refractivity contribution in [2.24, 2.45) is 0 Å². The van der Waals surface area contributed by atoms with Gasteiger partial charge in [0, 0.05) is 0 Å². The Morgan fingerprint density at radius 3 is 2.50 bits per heavy atom. The molecule has 0 saturated carbocycles. The number of hydrogen-bond acceptors (Lipinski definition) is 3. The molecule has 0 aliphatic heterocycles. The molecule has 1 aromatic heterocycles. The summed E-state index contributed by atoms with van der Waals surface area (Å²) < 4.78 is 41.3. The zero-order valence-corrected chi connectivity index (χ0v) is 7.78. The number of alkyl halides is 3. The summed E-state index contributed by atoms with van der Waals surface area (Å²) >= 11 is 5.33. The quantitative estimate of drug-likeness (QED) is 0.800. The fourth-order valence-electron chi connectivity index (χ4n) is 0.848. The van der Waals surface area contributed by atoms with Crippen molar-refractivity contribution < 1.29 is 17.9 Å². The lowest BCUT2D eigenvalue weighted by Crippen LogP contribution is -2.10. The lowest BCUT2D eigenvalue weighted by Gasteiger charge is -2.10. The van der Waals surface area contributed by atoms with E-state index in [1.165, 1.54) is 7.11 Å². The van der Waals surface area contributed by atoms with Crippen LogP contribution in [0.4, 0.5) is 18.9 Å². The largest absolute Gasteiger partial charge is 0.480 e. The van der Waals surface area contributed by atoms with Gasteiger partial charge in [0.15, 0.2) is 5.69 Å². The van der Waals surface area contributed by atoms with E-state index in [-0.39, 0.29) is 11.6 Å². The summed E-state index contributed by atoms with van der Waals surface area (Å²) in [6.45, 7) is 0. The Labute approximate surface area is 82.6 Å². The van der Waals surface area contributed by atoms with Gasteiger partial charge in [0.1, 0.15) is 0 Å². The van der Waals surface area contributed by atoms with E-state index in [9.17, 15) is 13.2 Å². The molecule has 1 rings (SSSR count). The van der Waals surface area contributed by atoms with Crippen LogP contribution in [0.5, 0.6) is 5.88 Å². The molecule has 0 spiro atoms. The van der Waals surface area contributed by atoms with Crippen LogP contribution >= 0.6 is 11.6 Å². The first kappa shape index (κ1) is 10.9. The highest BCUT2D eigenvalue weighted by Gasteiger charge is 2.36. The normalized spacial score (nSPS) is 11.5. The molecule has 78 valence electrons. The Balaban J connectivity index is 3.32. The average Bonchev–Trinajstić information content (AvgIpc) is 2.02. The number of nitrogen functional groups attached to an aromatic ring is 1.